The highest BCUT2D eigenvalue weighted by atomic mass is 79.9. The predicted molar refractivity (Wildman–Crippen MR) is 67.0 cm³/mol. The van der Waals surface area contributed by atoms with Crippen LogP contribution in [0.25, 0.3) is 0 Å². The van der Waals surface area contributed by atoms with E-state index in [4.69, 9.17) is 10.5 Å². The van der Waals surface area contributed by atoms with Crippen molar-refractivity contribution in [2.75, 3.05) is 5.73 Å². The summed E-state index contributed by atoms with van der Waals surface area (Å²) in [7, 11) is 0. The van der Waals surface area contributed by atoms with Gasteiger partial charge in [-0.25, -0.2) is 18.2 Å². The van der Waals surface area contributed by atoms with Crippen LogP contribution in [0.15, 0.2) is 28.9 Å². The number of nitrogens with two attached hydrogens (primary N) is 1. The minimum absolute atomic E-state index is 0.113. The van der Waals surface area contributed by atoms with Crippen LogP contribution in [0.5, 0.6) is 5.75 Å². The average Bonchev–Trinajstić information content (AvgIpc) is 2.39. The number of nitrogens with zero attached hydrogens (tertiary/aromatic N) is 1. The van der Waals surface area contributed by atoms with E-state index >= 15 is 0 Å². The van der Waals surface area contributed by atoms with Gasteiger partial charge in [0, 0.05) is 16.2 Å². The van der Waals surface area contributed by atoms with E-state index in [1.165, 1.54) is 6.20 Å². The topological polar surface area (TPSA) is 48.1 Å². The van der Waals surface area contributed by atoms with Crippen molar-refractivity contribution in [3.63, 3.8) is 0 Å². The zero-order valence-electron chi connectivity index (χ0n) is 9.46. The van der Waals surface area contributed by atoms with Crippen LogP contribution in [-0.2, 0) is 6.61 Å². The molecule has 2 aromatic rings. The van der Waals surface area contributed by atoms with E-state index < -0.39 is 17.5 Å². The number of aromatic nitrogens is 1. The normalized spacial score (nSPS) is 10.5. The predicted octanol–water partition coefficient (Wildman–Crippen LogP) is 3.42. The number of nitrogen functional groups attached to an aromatic ring is 1. The molecule has 0 aliphatic heterocycles. The Labute approximate surface area is 115 Å². The molecule has 19 heavy (non-hydrogen) atoms. The van der Waals surface area contributed by atoms with Gasteiger partial charge < -0.3 is 10.5 Å². The summed E-state index contributed by atoms with van der Waals surface area (Å²) in [6, 6.07) is 3.48. The minimum atomic E-state index is -1.53. The lowest BCUT2D eigenvalue weighted by Crippen LogP contribution is -2.04. The van der Waals surface area contributed by atoms with Gasteiger partial charge in [-0.2, -0.15) is 0 Å². The molecule has 0 aliphatic carbocycles. The molecule has 0 saturated heterocycles. The zero-order chi connectivity index (χ0) is 14.0. The van der Waals surface area contributed by atoms with Crippen LogP contribution >= 0.6 is 15.9 Å². The fourth-order valence-corrected chi connectivity index (χ4v) is 1.69. The molecule has 7 heteroatoms. The van der Waals surface area contributed by atoms with Gasteiger partial charge in [-0.05, 0) is 34.1 Å². The van der Waals surface area contributed by atoms with Crippen molar-refractivity contribution in [1.29, 1.82) is 0 Å². The van der Waals surface area contributed by atoms with E-state index in [2.05, 4.69) is 20.9 Å². The fraction of sp³-hybridized carbons (Fsp3) is 0.0833. The lowest BCUT2D eigenvalue weighted by molar-refractivity contribution is 0.296. The third-order valence-corrected chi connectivity index (χ3v) is 2.78. The molecule has 0 aliphatic rings. The molecule has 0 bridgehead atoms. The van der Waals surface area contributed by atoms with Gasteiger partial charge in [-0.3, -0.25) is 0 Å². The molecule has 0 unspecified atom stereocenters. The molecule has 0 amide bonds. The number of pyridine rings is 1. The maximum Gasteiger partial charge on any atom is 0.194 e. The fourth-order valence-electron chi connectivity index (χ4n) is 1.38. The summed E-state index contributed by atoms with van der Waals surface area (Å²) >= 11 is 3.18. The number of benzene rings is 1. The average molecular weight is 333 g/mol. The zero-order valence-corrected chi connectivity index (χ0v) is 11.0. The van der Waals surface area contributed by atoms with Crippen molar-refractivity contribution in [2.24, 2.45) is 0 Å². The van der Waals surface area contributed by atoms with Gasteiger partial charge in [-0.15, -0.1) is 0 Å². The molecule has 0 spiro atoms. The largest absolute Gasteiger partial charge is 0.485 e. The first kappa shape index (κ1) is 13.7. The molecular weight excluding hydrogens is 325 g/mol. The van der Waals surface area contributed by atoms with E-state index in [1.54, 1.807) is 6.07 Å². The number of hydrogen-bond acceptors (Lipinski definition) is 3. The molecule has 3 nitrogen and oxygen atoms in total. The smallest absolute Gasteiger partial charge is 0.194 e. The number of halogens is 4. The SMILES string of the molecule is Nc1ncc(Br)cc1OCc1ccc(F)c(F)c1F. The summed E-state index contributed by atoms with van der Waals surface area (Å²) in [4.78, 5) is 3.82. The van der Waals surface area contributed by atoms with Crippen molar-refractivity contribution in [1.82, 2.24) is 4.98 Å². The molecule has 2 rings (SSSR count). The van der Waals surface area contributed by atoms with E-state index in [0.717, 1.165) is 12.1 Å². The van der Waals surface area contributed by atoms with Gasteiger partial charge in [-0.1, -0.05) is 0 Å². The molecule has 100 valence electrons. The third kappa shape index (κ3) is 2.98. The van der Waals surface area contributed by atoms with Crippen molar-refractivity contribution in [3.05, 3.63) is 51.9 Å². The van der Waals surface area contributed by atoms with Crippen molar-refractivity contribution >= 4 is 21.7 Å². The van der Waals surface area contributed by atoms with Gasteiger partial charge in [0.1, 0.15) is 6.61 Å². The van der Waals surface area contributed by atoms with Gasteiger partial charge in [0.25, 0.3) is 0 Å². The Morgan fingerprint density at radius 3 is 2.68 bits per heavy atom. The number of hydrogen-bond donors (Lipinski definition) is 1. The Hall–Kier alpha value is -1.76. The van der Waals surface area contributed by atoms with Crippen molar-refractivity contribution in [2.45, 2.75) is 6.61 Å². The second-order valence-corrected chi connectivity index (χ2v) is 4.58. The summed E-state index contributed by atoms with van der Waals surface area (Å²) < 4.78 is 45.0. The first-order valence-electron chi connectivity index (χ1n) is 5.15. The molecule has 1 aromatic carbocycles. The molecule has 1 heterocycles. The van der Waals surface area contributed by atoms with Crippen molar-refractivity contribution in [3.8, 4) is 5.75 Å². The van der Waals surface area contributed by atoms with Crippen molar-refractivity contribution < 1.29 is 17.9 Å². The Morgan fingerprint density at radius 2 is 1.95 bits per heavy atom. The lowest BCUT2D eigenvalue weighted by atomic mass is 10.2. The van der Waals surface area contributed by atoms with E-state index in [-0.39, 0.29) is 23.7 Å². The van der Waals surface area contributed by atoms with E-state index in [1.807, 2.05) is 0 Å². The maximum atomic E-state index is 13.4. The summed E-state index contributed by atoms with van der Waals surface area (Å²) in [5, 5.41) is 0. The van der Waals surface area contributed by atoms with Crippen LogP contribution < -0.4 is 10.5 Å². The maximum absolute atomic E-state index is 13.4. The number of ether oxygens (including phenoxy) is 1. The number of rotatable bonds is 3. The van der Waals surface area contributed by atoms with Crippen LogP contribution in [0, 0.1) is 17.5 Å². The van der Waals surface area contributed by atoms with Crippen LogP contribution in [0.4, 0.5) is 19.0 Å². The summed E-state index contributed by atoms with van der Waals surface area (Å²) in [6.07, 6.45) is 1.47. The molecule has 1 aromatic heterocycles. The first-order chi connectivity index (χ1) is 8.99. The second-order valence-electron chi connectivity index (χ2n) is 3.66. The third-order valence-electron chi connectivity index (χ3n) is 2.35. The van der Waals surface area contributed by atoms with Gasteiger partial charge in [0.05, 0.1) is 0 Å². The summed E-state index contributed by atoms with van der Waals surface area (Å²) in [6.45, 7) is -0.286. The Morgan fingerprint density at radius 1 is 1.21 bits per heavy atom. The van der Waals surface area contributed by atoms with Crippen LogP contribution in [0.1, 0.15) is 5.56 Å². The summed E-state index contributed by atoms with van der Waals surface area (Å²) in [5.74, 6) is -3.71. The quantitative estimate of drug-likeness (QED) is 0.876. The molecular formula is C12H8BrF3N2O. The van der Waals surface area contributed by atoms with Gasteiger partial charge >= 0.3 is 0 Å². The molecule has 2 N–H and O–H groups in total. The van der Waals surface area contributed by atoms with E-state index in [9.17, 15) is 13.2 Å². The highest BCUT2D eigenvalue weighted by Crippen LogP contribution is 2.25. The molecule has 0 atom stereocenters. The lowest BCUT2D eigenvalue weighted by Gasteiger charge is -2.09. The van der Waals surface area contributed by atoms with Crippen LogP contribution in [-0.4, -0.2) is 4.98 Å². The molecule has 0 saturated carbocycles. The molecule has 0 radical (unpaired) electrons. The minimum Gasteiger partial charge on any atom is -0.485 e. The molecule has 0 fully saturated rings. The van der Waals surface area contributed by atoms with E-state index in [0.29, 0.717) is 4.47 Å². The van der Waals surface area contributed by atoms with Gasteiger partial charge in [0.2, 0.25) is 0 Å². The summed E-state index contributed by atoms with van der Waals surface area (Å²) in [5.41, 5.74) is 5.45. The standard InChI is InChI=1S/C12H8BrF3N2O/c13-7-3-9(12(17)18-4-7)19-5-6-1-2-8(14)11(16)10(6)15/h1-4H,5H2,(H2,17,18). The Kier molecular flexibility index (Phi) is 3.94. The highest BCUT2D eigenvalue weighted by Gasteiger charge is 2.14. The van der Waals surface area contributed by atoms with Crippen LogP contribution in [0.3, 0.4) is 0 Å². The van der Waals surface area contributed by atoms with Gasteiger partial charge in [0.15, 0.2) is 29.0 Å². The highest BCUT2D eigenvalue weighted by molar-refractivity contribution is 9.10. The monoisotopic (exact) mass is 332 g/mol. The Balaban J connectivity index is 2.19. The first-order valence-corrected chi connectivity index (χ1v) is 5.94. The van der Waals surface area contributed by atoms with Crippen LogP contribution in [0.2, 0.25) is 0 Å². The Bertz CT molecular complexity index is 622. The second kappa shape index (κ2) is 5.48. The number of anilines is 1.